The van der Waals surface area contributed by atoms with Crippen LogP contribution in [-0.4, -0.2) is 19.9 Å². The molecule has 0 aliphatic rings. The Balaban J connectivity index is 1.68. The molecule has 2 aromatic carbocycles. The second-order valence-corrected chi connectivity index (χ2v) is 9.26. The van der Waals surface area contributed by atoms with Crippen LogP contribution in [0.5, 0.6) is 0 Å². The van der Waals surface area contributed by atoms with Gasteiger partial charge in [-0.05, 0) is 35.2 Å². The SMILES string of the molecule is O=S(=O)(NC[C@H](c1cccs1)c1c[nH]c2ccccc12)c1ccccc1Cl. The molecule has 138 valence electrons. The Labute approximate surface area is 166 Å². The molecular formula is C20H17ClN2O2S2. The zero-order valence-corrected chi connectivity index (χ0v) is 16.6. The van der Waals surface area contributed by atoms with Crippen molar-refractivity contribution in [1.82, 2.24) is 9.71 Å². The van der Waals surface area contributed by atoms with Crippen molar-refractivity contribution in [2.75, 3.05) is 6.54 Å². The number of rotatable bonds is 6. The molecule has 0 aliphatic heterocycles. The van der Waals surface area contributed by atoms with Crippen LogP contribution < -0.4 is 4.72 Å². The molecule has 2 N–H and O–H groups in total. The van der Waals surface area contributed by atoms with Crippen molar-refractivity contribution in [2.45, 2.75) is 10.8 Å². The quantitative estimate of drug-likeness (QED) is 0.465. The third kappa shape index (κ3) is 3.66. The fourth-order valence-corrected chi connectivity index (χ4v) is 5.58. The molecule has 0 saturated heterocycles. The summed E-state index contributed by atoms with van der Waals surface area (Å²) in [6, 6.07) is 18.5. The largest absolute Gasteiger partial charge is 0.361 e. The van der Waals surface area contributed by atoms with Gasteiger partial charge < -0.3 is 4.98 Å². The third-order valence-electron chi connectivity index (χ3n) is 4.49. The molecule has 0 unspecified atom stereocenters. The van der Waals surface area contributed by atoms with Crippen molar-refractivity contribution in [3.63, 3.8) is 0 Å². The van der Waals surface area contributed by atoms with E-state index in [0.29, 0.717) is 0 Å². The van der Waals surface area contributed by atoms with Gasteiger partial charge in [-0.2, -0.15) is 0 Å². The van der Waals surface area contributed by atoms with Crippen LogP contribution in [0.1, 0.15) is 16.4 Å². The highest BCUT2D eigenvalue weighted by atomic mass is 35.5. The monoisotopic (exact) mass is 416 g/mol. The number of sulfonamides is 1. The Kier molecular flexibility index (Phi) is 5.06. The third-order valence-corrected chi connectivity index (χ3v) is 7.40. The van der Waals surface area contributed by atoms with Gasteiger partial charge in [0.25, 0.3) is 0 Å². The zero-order chi connectivity index (χ0) is 18.9. The zero-order valence-electron chi connectivity index (χ0n) is 14.2. The maximum atomic E-state index is 12.8. The maximum Gasteiger partial charge on any atom is 0.242 e. The average Bonchev–Trinajstić information content (AvgIpc) is 3.33. The van der Waals surface area contributed by atoms with Gasteiger partial charge in [-0.3, -0.25) is 0 Å². The van der Waals surface area contributed by atoms with Crippen LogP contribution >= 0.6 is 22.9 Å². The van der Waals surface area contributed by atoms with Gasteiger partial charge >= 0.3 is 0 Å². The first kappa shape index (κ1) is 18.3. The summed E-state index contributed by atoms with van der Waals surface area (Å²) in [5.74, 6) is -0.0987. The molecule has 0 saturated carbocycles. The summed E-state index contributed by atoms with van der Waals surface area (Å²) < 4.78 is 28.3. The molecule has 2 heterocycles. The summed E-state index contributed by atoms with van der Waals surface area (Å²) in [6.45, 7) is 0.246. The van der Waals surface area contributed by atoms with E-state index >= 15 is 0 Å². The molecule has 27 heavy (non-hydrogen) atoms. The predicted molar refractivity (Wildman–Crippen MR) is 111 cm³/mol. The number of para-hydroxylation sites is 1. The number of hydrogen-bond donors (Lipinski definition) is 2. The number of hydrogen-bond acceptors (Lipinski definition) is 3. The lowest BCUT2D eigenvalue weighted by molar-refractivity contribution is 0.578. The Morgan fingerprint density at radius 2 is 1.81 bits per heavy atom. The van der Waals surface area contributed by atoms with Gasteiger partial charge in [-0.25, -0.2) is 13.1 Å². The van der Waals surface area contributed by atoms with E-state index in [-0.39, 0.29) is 22.4 Å². The van der Waals surface area contributed by atoms with E-state index in [1.54, 1.807) is 29.5 Å². The first-order valence-corrected chi connectivity index (χ1v) is 11.1. The Morgan fingerprint density at radius 3 is 2.59 bits per heavy atom. The van der Waals surface area contributed by atoms with Crippen LogP contribution in [-0.2, 0) is 10.0 Å². The van der Waals surface area contributed by atoms with Crippen molar-refractivity contribution in [3.05, 3.63) is 87.7 Å². The van der Waals surface area contributed by atoms with Crippen molar-refractivity contribution >= 4 is 43.9 Å². The molecule has 2 aromatic heterocycles. The predicted octanol–water partition coefficient (Wildman–Crippen LogP) is 4.99. The van der Waals surface area contributed by atoms with Crippen LogP contribution in [0.2, 0.25) is 5.02 Å². The van der Waals surface area contributed by atoms with Gasteiger partial charge in [0.05, 0.1) is 5.02 Å². The van der Waals surface area contributed by atoms with Crippen molar-refractivity contribution < 1.29 is 8.42 Å². The van der Waals surface area contributed by atoms with Gasteiger partial charge in [-0.1, -0.05) is 48.0 Å². The number of aromatic amines is 1. The first-order valence-electron chi connectivity index (χ1n) is 8.40. The Bertz CT molecular complexity index is 1170. The lowest BCUT2D eigenvalue weighted by Crippen LogP contribution is -2.29. The minimum Gasteiger partial charge on any atom is -0.361 e. The van der Waals surface area contributed by atoms with Gasteiger partial charge in [0, 0.05) is 34.4 Å². The van der Waals surface area contributed by atoms with Crippen molar-refractivity contribution in [3.8, 4) is 0 Å². The molecule has 1 atom stereocenters. The highest BCUT2D eigenvalue weighted by molar-refractivity contribution is 7.89. The molecule has 0 radical (unpaired) electrons. The molecule has 4 nitrogen and oxygen atoms in total. The van der Waals surface area contributed by atoms with Crippen LogP contribution in [0, 0.1) is 0 Å². The van der Waals surface area contributed by atoms with Crippen LogP contribution in [0.3, 0.4) is 0 Å². The Hall–Kier alpha value is -2.12. The summed E-state index contributed by atoms with van der Waals surface area (Å²) in [7, 11) is -3.71. The number of thiophene rings is 1. The summed E-state index contributed by atoms with van der Waals surface area (Å²) >= 11 is 7.69. The number of H-pyrrole nitrogens is 1. The van der Waals surface area contributed by atoms with Crippen LogP contribution in [0.4, 0.5) is 0 Å². The number of benzene rings is 2. The summed E-state index contributed by atoms with van der Waals surface area (Å²) in [5, 5.41) is 3.30. The van der Waals surface area contributed by atoms with Crippen LogP contribution in [0.25, 0.3) is 10.9 Å². The molecule has 4 rings (SSSR count). The smallest absolute Gasteiger partial charge is 0.242 e. The van der Waals surface area contributed by atoms with E-state index < -0.39 is 10.0 Å². The summed E-state index contributed by atoms with van der Waals surface area (Å²) in [6.07, 6.45) is 1.96. The lowest BCUT2D eigenvalue weighted by Gasteiger charge is -2.17. The van der Waals surface area contributed by atoms with Crippen LogP contribution in [0.15, 0.2) is 77.1 Å². The van der Waals surface area contributed by atoms with E-state index in [2.05, 4.69) is 9.71 Å². The van der Waals surface area contributed by atoms with E-state index in [9.17, 15) is 8.42 Å². The number of fused-ring (bicyclic) bond motifs is 1. The van der Waals surface area contributed by atoms with Crippen molar-refractivity contribution in [2.24, 2.45) is 0 Å². The second-order valence-electron chi connectivity index (χ2n) is 6.14. The first-order chi connectivity index (χ1) is 13.1. The van der Waals surface area contributed by atoms with E-state index in [1.807, 2.05) is 48.0 Å². The van der Waals surface area contributed by atoms with Gasteiger partial charge in [0.2, 0.25) is 10.0 Å². The van der Waals surface area contributed by atoms with Gasteiger partial charge in [0.15, 0.2) is 0 Å². The van der Waals surface area contributed by atoms with Gasteiger partial charge in [0.1, 0.15) is 4.90 Å². The molecule has 7 heteroatoms. The molecule has 4 aromatic rings. The van der Waals surface area contributed by atoms with Gasteiger partial charge in [-0.15, -0.1) is 11.3 Å². The molecule has 0 fully saturated rings. The normalized spacial score (nSPS) is 13.1. The fourth-order valence-electron chi connectivity index (χ4n) is 3.17. The van der Waals surface area contributed by atoms with E-state index in [0.717, 1.165) is 21.3 Å². The fraction of sp³-hybridized carbons (Fsp3) is 0.100. The standard InChI is InChI=1S/C20H17ClN2O2S2/c21-17-7-2-4-10-20(17)27(24,25)23-13-16(19-9-5-11-26-19)15-12-22-18-8-3-1-6-14(15)18/h1-12,16,22-23H,13H2/t16-/m0/s1. The molecular weight excluding hydrogens is 400 g/mol. The minimum atomic E-state index is -3.71. The summed E-state index contributed by atoms with van der Waals surface area (Å²) in [4.78, 5) is 4.47. The topological polar surface area (TPSA) is 62.0 Å². The molecule has 0 bridgehead atoms. The molecule has 0 aliphatic carbocycles. The highest BCUT2D eigenvalue weighted by Crippen LogP contribution is 2.33. The maximum absolute atomic E-state index is 12.8. The van der Waals surface area contributed by atoms with Crippen molar-refractivity contribution in [1.29, 1.82) is 0 Å². The average molecular weight is 417 g/mol. The second kappa shape index (κ2) is 7.48. The minimum absolute atomic E-state index is 0.0931. The Morgan fingerprint density at radius 1 is 1.04 bits per heavy atom. The highest BCUT2D eigenvalue weighted by Gasteiger charge is 2.23. The summed E-state index contributed by atoms with van der Waals surface area (Å²) in [5.41, 5.74) is 2.10. The molecule has 0 spiro atoms. The number of nitrogens with one attached hydrogen (secondary N) is 2. The number of halogens is 1. The van der Waals surface area contributed by atoms with E-state index in [4.69, 9.17) is 11.6 Å². The molecule has 0 amide bonds. The van der Waals surface area contributed by atoms with E-state index in [1.165, 1.54) is 6.07 Å². The lowest BCUT2D eigenvalue weighted by atomic mass is 9.97. The number of aromatic nitrogens is 1.